The molecule has 1 aromatic carbocycles. The number of carbonyl (C=O) groups excluding carboxylic acids is 2. The summed E-state index contributed by atoms with van der Waals surface area (Å²) >= 11 is 6.02. The van der Waals surface area contributed by atoms with Crippen LogP contribution in [0.5, 0.6) is 0 Å². The molecule has 5 nitrogen and oxygen atoms in total. The van der Waals surface area contributed by atoms with Gasteiger partial charge in [0, 0.05) is 26.2 Å². The zero-order valence-electron chi connectivity index (χ0n) is 10.5. The van der Waals surface area contributed by atoms with E-state index < -0.39 is 0 Å². The fraction of sp³-hybridized carbons (Fsp3) is 0.385. The summed E-state index contributed by atoms with van der Waals surface area (Å²) in [6.07, 6.45) is 0. The molecule has 0 aliphatic carbocycles. The second kappa shape index (κ2) is 6.04. The van der Waals surface area contributed by atoms with Gasteiger partial charge < -0.3 is 10.6 Å². The molecule has 0 atom stereocenters. The van der Waals surface area contributed by atoms with Gasteiger partial charge in [0.1, 0.15) is 0 Å². The zero-order valence-corrected chi connectivity index (χ0v) is 11.3. The van der Waals surface area contributed by atoms with Crippen LogP contribution >= 0.6 is 11.6 Å². The molecule has 1 aliphatic heterocycles. The maximum Gasteiger partial charge on any atom is 0.255 e. The molecule has 0 bridgehead atoms. The number of hydrogen-bond donors (Lipinski definition) is 1. The largest absolute Gasteiger partial charge is 0.369 e. The maximum atomic E-state index is 12.3. The molecule has 102 valence electrons. The third kappa shape index (κ3) is 3.45. The molecule has 2 amide bonds. The summed E-state index contributed by atoms with van der Waals surface area (Å²) < 4.78 is 0. The van der Waals surface area contributed by atoms with Crippen molar-refractivity contribution in [2.75, 3.05) is 32.7 Å². The van der Waals surface area contributed by atoms with E-state index in [1.807, 2.05) is 4.90 Å². The van der Waals surface area contributed by atoms with Gasteiger partial charge in [0.2, 0.25) is 5.91 Å². The van der Waals surface area contributed by atoms with Crippen molar-refractivity contribution in [1.82, 2.24) is 9.80 Å². The van der Waals surface area contributed by atoms with Gasteiger partial charge in [-0.3, -0.25) is 14.5 Å². The highest BCUT2D eigenvalue weighted by Gasteiger charge is 2.23. The Balaban J connectivity index is 1.96. The average Bonchev–Trinajstić information content (AvgIpc) is 2.39. The average molecular weight is 282 g/mol. The Hall–Kier alpha value is -1.59. The molecule has 1 aliphatic rings. The SMILES string of the molecule is NC(=O)CN1CCN(C(=O)c2ccccc2Cl)CC1. The fourth-order valence-electron chi connectivity index (χ4n) is 2.13. The number of nitrogens with two attached hydrogens (primary N) is 1. The molecule has 0 unspecified atom stereocenters. The minimum absolute atomic E-state index is 0.0654. The maximum absolute atomic E-state index is 12.3. The van der Waals surface area contributed by atoms with Crippen LogP contribution < -0.4 is 5.73 Å². The van der Waals surface area contributed by atoms with Crippen molar-refractivity contribution in [2.24, 2.45) is 5.73 Å². The molecule has 1 saturated heterocycles. The van der Waals surface area contributed by atoms with Crippen LogP contribution in [0, 0.1) is 0 Å². The van der Waals surface area contributed by atoms with E-state index >= 15 is 0 Å². The van der Waals surface area contributed by atoms with E-state index in [4.69, 9.17) is 17.3 Å². The number of piperazine rings is 1. The number of rotatable bonds is 3. The van der Waals surface area contributed by atoms with Crippen molar-refractivity contribution >= 4 is 23.4 Å². The van der Waals surface area contributed by atoms with Crippen LogP contribution in [-0.4, -0.2) is 54.3 Å². The van der Waals surface area contributed by atoms with Crippen molar-refractivity contribution in [3.05, 3.63) is 34.9 Å². The lowest BCUT2D eigenvalue weighted by Gasteiger charge is -2.34. The molecular weight excluding hydrogens is 266 g/mol. The van der Waals surface area contributed by atoms with Gasteiger partial charge in [0.15, 0.2) is 0 Å². The minimum atomic E-state index is -0.342. The number of nitrogens with zero attached hydrogens (tertiary/aromatic N) is 2. The van der Waals surface area contributed by atoms with Crippen molar-refractivity contribution in [3.63, 3.8) is 0 Å². The molecule has 0 spiro atoms. The molecule has 6 heteroatoms. The second-order valence-electron chi connectivity index (χ2n) is 4.51. The Kier molecular flexibility index (Phi) is 4.39. The molecule has 1 heterocycles. The summed E-state index contributed by atoms with van der Waals surface area (Å²) in [5.74, 6) is -0.407. The fourth-order valence-corrected chi connectivity index (χ4v) is 2.35. The number of hydrogen-bond acceptors (Lipinski definition) is 3. The quantitative estimate of drug-likeness (QED) is 0.881. The van der Waals surface area contributed by atoms with E-state index in [1.165, 1.54) is 0 Å². The third-order valence-electron chi connectivity index (χ3n) is 3.14. The molecule has 1 fully saturated rings. The van der Waals surface area contributed by atoms with E-state index in [1.54, 1.807) is 29.2 Å². The van der Waals surface area contributed by atoms with Gasteiger partial charge in [-0.15, -0.1) is 0 Å². The molecular formula is C13H16ClN3O2. The van der Waals surface area contributed by atoms with Gasteiger partial charge in [0.25, 0.3) is 5.91 Å². The summed E-state index contributed by atoms with van der Waals surface area (Å²) in [7, 11) is 0. The minimum Gasteiger partial charge on any atom is -0.369 e. The predicted octanol–water partition coefficient (Wildman–Crippen LogP) is 0.583. The molecule has 2 rings (SSSR count). The first-order chi connectivity index (χ1) is 9.08. The van der Waals surface area contributed by atoms with Crippen molar-refractivity contribution in [1.29, 1.82) is 0 Å². The summed E-state index contributed by atoms with van der Waals surface area (Å²) in [6.45, 7) is 2.71. The zero-order chi connectivity index (χ0) is 13.8. The highest BCUT2D eigenvalue weighted by molar-refractivity contribution is 6.33. The molecule has 0 radical (unpaired) electrons. The van der Waals surface area contributed by atoms with Gasteiger partial charge in [-0.1, -0.05) is 23.7 Å². The second-order valence-corrected chi connectivity index (χ2v) is 4.92. The van der Waals surface area contributed by atoms with E-state index in [-0.39, 0.29) is 18.4 Å². The first-order valence-electron chi connectivity index (χ1n) is 6.12. The summed E-state index contributed by atoms with van der Waals surface area (Å²) in [6, 6.07) is 7.02. The van der Waals surface area contributed by atoms with Gasteiger partial charge >= 0.3 is 0 Å². The van der Waals surface area contributed by atoms with E-state index in [2.05, 4.69) is 0 Å². The van der Waals surface area contributed by atoms with E-state index in [0.29, 0.717) is 36.8 Å². The van der Waals surface area contributed by atoms with E-state index in [0.717, 1.165) is 0 Å². The molecule has 2 N–H and O–H groups in total. The van der Waals surface area contributed by atoms with Crippen LogP contribution in [-0.2, 0) is 4.79 Å². The Morgan fingerprint density at radius 3 is 2.37 bits per heavy atom. The van der Waals surface area contributed by atoms with Crippen LogP contribution in [0.15, 0.2) is 24.3 Å². The normalized spacial score (nSPS) is 16.4. The van der Waals surface area contributed by atoms with Crippen molar-refractivity contribution in [3.8, 4) is 0 Å². The van der Waals surface area contributed by atoms with Crippen molar-refractivity contribution in [2.45, 2.75) is 0 Å². The molecule has 0 aromatic heterocycles. The van der Waals surface area contributed by atoms with Gasteiger partial charge in [-0.2, -0.15) is 0 Å². The Morgan fingerprint density at radius 1 is 1.16 bits per heavy atom. The van der Waals surface area contributed by atoms with Gasteiger partial charge in [-0.25, -0.2) is 0 Å². The smallest absolute Gasteiger partial charge is 0.255 e. The number of carbonyl (C=O) groups is 2. The first kappa shape index (κ1) is 13.8. The lowest BCUT2D eigenvalue weighted by atomic mass is 10.2. The Bertz CT molecular complexity index is 485. The van der Waals surface area contributed by atoms with Crippen molar-refractivity contribution < 1.29 is 9.59 Å². The number of halogens is 1. The van der Waals surface area contributed by atoms with Gasteiger partial charge in [0.05, 0.1) is 17.1 Å². The van der Waals surface area contributed by atoms with Crippen LogP contribution in [0.2, 0.25) is 5.02 Å². The molecule has 19 heavy (non-hydrogen) atoms. The number of amides is 2. The molecule has 0 saturated carbocycles. The topological polar surface area (TPSA) is 66.6 Å². The summed E-state index contributed by atoms with van der Waals surface area (Å²) in [4.78, 5) is 26.8. The monoisotopic (exact) mass is 281 g/mol. The number of benzene rings is 1. The van der Waals surface area contributed by atoms with Crippen LogP contribution in [0.4, 0.5) is 0 Å². The summed E-state index contributed by atoms with van der Waals surface area (Å²) in [5.41, 5.74) is 5.67. The third-order valence-corrected chi connectivity index (χ3v) is 3.47. The van der Waals surface area contributed by atoms with Crippen LogP contribution in [0.25, 0.3) is 0 Å². The molecule has 1 aromatic rings. The predicted molar refractivity (Wildman–Crippen MR) is 73.0 cm³/mol. The Labute approximate surface area is 116 Å². The van der Waals surface area contributed by atoms with Crippen LogP contribution in [0.3, 0.4) is 0 Å². The lowest BCUT2D eigenvalue weighted by molar-refractivity contribution is -0.119. The highest BCUT2D eigenvalue weighted by Crippen LogP contribution is 2.17. The number of primary amides is 1. The highest BCUT2D eigenvalue weighted by atomic mass is 35.5. The Morgan fingerprint density at radius 2 is 1.79 bits per heavy atom. The summed E-state index contributed by atoms with van der Waals surface area (Å²) in [5, 5.41) is 0.465. The van der Waals surface area contributed by atoms with E-state index in [9.17, 15) is 9.59 Å². The van der Waals surface area contributed by atoms with Crippen LogP contribution in [0.1, 0.15) is 10.4 Å². The first-order valence-corrected chi connectivity index (χ1v) is 6.50. The standard InChI is InChI=1S/C13H16ClN3O2/c14-11-4-2-1-3-10(11)13(19)17-7-5-16(6-8-17)9-12(15)18/h1-4H,5-9H2,(H2,15,18). The lowest BCUT2D eigenvalue weighted by Crippen LogP contribution is -2.50. The van der Waals surface area contributed by atoms with Gasteiger partial charge in [-0.05, 0) is 12.1 Å².